The molecular weight excluding hydrogens is 420 g/mol. The lowest BCUT2D eigenvalue weighted by molar-refractivity contribution is 0.0705. The first kappa shape index (κ1) is 21.2. The van der Waals surface area contributed by atoms with E-state index in [2.05, 4.69) is 41.0 Å². The van der Waals surface area contributed by atoms with Crippen molar-refractivity contribution >= 4 is 28.3 Å². The maximum atomic E-state index is 13.1. The fraction of sp³-hybridized carbons (Fsp3) is 0.435. The van der Waals surface area contributed by atoms with Crippen LogP contribution in [0, 0.1) is 0 Å². The summed E-state index contributed by atoms with van der Waals surface area (Å²) in [6.45, 7) is 7.71. The quantitative estimate of drug-likeness (QED) is 0.473. The van der Waals surface area contributed by atoms with Crippen LogP contribution in [0.3, 0.4) is 0 Å². The van der Waals surface area contributed by atoms with Gasteiger partial charge >= 0.3 is 0 Å². The van der Waals surface area contributed by atoms with Crippen molar-refractivity contribution in [2.24, 2.45) is 7.05 Å². The zero-order chi connectivity index (χ0) is 23.5. The number of carbonyl (C=O) groups is 1. The van der Waals surface area contributed by atoms with Crippen molar-refractivity contribution in [2.45, 2.75) is 32.2 Å². The van der Waals surface area contributed by atoms with Crippen molar-refractivity contribution in [3.63, 3.8) is 0 Å². The van der Waals surface area contributed by atoms with Gasteiger partial charge in [0.1, 0.15) is 5.82 Å². The SMILES string of the molecule is COc1c2ccc(C(=O)N(C)C3CN(c4ccc5nnc(C(C)(C)C)n5n4)C3)cc2nn1C. The Bertz CT molecular complexity index is 1360. The van der Waals surface area contributed by atoms with Crippen molar-refractivity contribution < 1.29 is 9.53 Å². The Morgan fingerprint density at radius 3 is 2.58 bits per heavy atom. The highest BCUT2D eigenvalue weighted by molar-refractivity contribution is 5.99. The van der Waals surface area contributed by atoms with Crippen LogP contribution in [-0.2, 0) is 12.5 Å². The second-order valence-electron chi connectivity index (χ2n) is 9.57. The van der Waals surface area contributed by atoms with Gasteiger partial charge in [-0.3, -0.25) is 4.79 Å². The van der Waals surface area contributed by atoms with E-state index in [1.54, 1.807) is 16.7 Å². The number of fused-ring (bicyclic) bond motifs is 2. The maximum Gasteiger partial charge on any atom is 0.254 e. The van der Waals surface area contributed by atoms with E-state index in [4.69, 9.17) is 9.84 Å². The number of nitrogens with zero attached hydrogens (tertiary/aromatic N) is 8. The van der Waals surface area contributed by atoms with Crippen molar-refractivity contribution in [2.75, 3.05) is 32.1 Å². The molecule has 33 heavy (non-hydrogen) atoms. The van der Waals surface area contributed by atoms with E-state index in [1.165, 1.54) is 0 Å². The van der Waals surface area contributed by atoms with E-state index in [0.29, 0.717) is 24.5 Å². The predicted molar refractivity (Wildman–Crippen MR) is 125 cm³/mol. The minimum Gasteiger partial charge on any atom is -0.481 e. The van der Waals surface area contributed by atoms with Crippen LogP contribution in [0.25, 0.3) is 16.6 Å². The number of anilines is 1. The van der Waals surface area contributed by atoms with E-state index in [1.807, 2.05) is 48.9 Å². The maximum absolute atomic E-state index is 13.1. The molecule has 0 radical (unpaired) electrons. The molecule has 0 unspecified atom stereocenters. The van der Waals surface area contributed by atoms with Crippen molar-refractivity contribution in [1.29, 1.82) is 0 Å². The summed E-state index contributed by atoms with van der Waals surface area (Å²) >= 11 is 0. The van der Waals surface area contributed by atoms with Crippen LogP contribution in [-0.4, -0.2) is 73.7 Å². The molecule has 4 aromatic rings. The zero-order valence-corrected chi connectivity index (χ0v) is 19.8. The molecule has 5 rings (SSSR count). The number of likely N-dealkylation sites (N-methyl/N-ethyl adjacent to an activating group) is 1. The molecule has 1 aromatic carbocycles. The van der Waals surface area contributed by atoms with Crippen LogP contribution in [0.2, 0.25) is 0 Å². The number of hydrogen-bond acceptors (Lipinski definition) is 7. The Kier molecular flexibility index (Phi) is 4.77. The number of aromatic nitrogens is 6. The number of methoxy groups -OCH3 is 1. The van der Waals surface area contributed by atoms with Gasteiger partial charge in [-0.15, -0.1) is 15.3 Å². The van der Waals surface area contributed by atoms with Crippen LogP contribution in [0.15, 0.2) is 30.3 Å². The Morgan fingerprint density at radius 2 is 1.88 bits per heavy atom. The van der Waals surface area contributed by atoms with Gasteiger partial charge in [0.25, 0.3) is 5.91 Å². The average Bonchev–Trinajstić information content (AvgIpc) is 3.30. The summed E-state index contributed by atoms with van der Waals surface area (Å²) in [6, 6.07) is 9.53. The molecule has 0 bridgehead atoms. The molecule has 10 heteroatoms. The highest BCUT2D eigenvalue weighted by Crippen LogP contribution is 2.28. The molecular formula is C23H28N8O2. The number of amides is 1. The van der Waals surface area contributed by atoms with Crippen LogP contribution < -0.4 is 9.64 Å². The Hall–Kier alpha value is -3.69. The summed E-state index contributed by atoms with van der Waals surface area (Å²) in [4.78, 5) is 17.1. The van der Waals surface area contributed by atoms with Gasteiger partial charge in [-0.2, -0.15) is 9.61 Å². The zero-order valence-electron chi connectivity index (χ0n) is 19.8. The van der Waals surface area contributed by atoms with Gasteiger partial charge in [-0.1, -0.05) is 20.8 Å². The molecule has 1 aliphatic rings. The predicted octanol–water partition coefficient (Wildman–Crippen LogP) is 2.28. The van der Waals surface area contributed by atoms with E-state index >= 15 is 0 Å². The highest BCUT2D eigenvalue weighted by atomic mass is 16.5. The summed E-state index contributed by atoms with van der Waals surface area (Å²) < 4.78 is 8.89. The van der Waals surface area contributed by atoms with Gasteiger partial charge in [0.15, 0.2) is 11.5 Å². The van der Waals surface area contributed by atoms with Gasteiger partial charge in [-0.25, -0.2) is 4.68 Å². The van der Waals surface area contributed by atoms with Gasteiger partial charge < -0.3 is 14.5 Å². The van der Waals surface area contributed by atoms with Gasteiger partial charge in [0, 0.05) is 38.2 Å². The third kappa shape index (κ3) is 3.46. The minimum atomic E-state index is -0.159. The molecule has 10 nitrogen and oxygen atoms in total. The van der Waals surface area contributed by atoms with Crippen LogP contribution in [0.4, 0.5) is 5.82 Å². The molecule has 0 saturated carbocycles. The number of aryl methyl sites for hydroxylation is 1. The van der Waals surface area contributed by atoms with E-state index in [9.17, 15) is 4.79 Å². The fourth-order valence-electron chi connectivity index (χ4n) is 4.22. The van der Waals surface area contributed by atoms with Crippen molar-refractivity contribution in [1.82, 2.24) is 34.5 Å². The lowest BCUT2D eigenvalue weighted by Crippen LogP contribution is -2.60. The third-order valence-electron chi connectivity index (χ3n) is 6.19. The second-order valence-corrected chi connectivity index (χ2v) is 9.57. The summed E-state index contributed by atoms with van der Waals surface area (Å²) in [5.74, 6) is 2.33. The van der Waals surface area contributed by atoms with Gasteiger partial charge in [-0.05, 0) is 30.3 Å². The largest absolute Gasteiger partial charge is 0.481 e. The van der Waals surface area contributed by atoms with E-state index in [0.717, 1.165) is 28.2 Å². The van der Waals surface area contributed by atoms with Crippen molar-refractivity contribution in [3.05, 3.63) is 41.7 Å². The van der Waals surface area contributed by atoms with Gasteiger partial charge in [0.2, 0.25) is 5.88 Å². The molecule has 1 aliphatic heterocycles. The van der Waals surface area contributed by atoms with E-state index < -0.39 is 0 Å². The number of hydrogen-bond donors (Lipinski definition) is 0. The molecule has 3 aromatic heterocycles. The molecule has 4 heterocycles. The average molecular weight is 449 g/mol. The minimum absolute atomic E-state index is 0.0246. The topological polar surface area (TPSA) is 93.7 Å². The first-order valence-electron chi connectivity index (χ1n) is 10.9. The lowest BCUT2D eigenvalue weighted by Gasteiger charge is -2.44. The standard InChI is InChI=1S/C23H28N8O2/c1-23(2,3)22-25-24-18-9-10-19(27-31(18)22)30-12-15(13-30)28(4)20(32)14-7-8-16-17(11-14)26-29(5)21(16)33-6/h7-11,15H,12-13H2,1-6H3. The molecule has 172 valence electrons. The number of rotatable bonds is 4. The summed E-state index contributed by atoms with van der Waals surface area (Å²) in [5, 5.41) is 18.6. The molecule has 1 amide bonds. The molecule has 1 saturated heterocycles. The first-order chi connectivity index (χ1) is 15.7. The number of ether oxygens (including phenoxy) is 1. The lowest BCUT2D eigenvalue weighted by atomic mass is 9.96. The summed E-state index contributed by atoms with van der Waals surface area (Å²) in [5.41, 5.74) is 1.93. The van der Waals surface area contributed by atoms with Gasteiger partial charge in [0.05, 0.1) is 24.1 Å². The first-order valence-corrected chi connectivity index (χ1v) is 10.9. The van der Waals surface area contributed by atoms with Crippen molar-refractivity contribution in [3.8, 4) is 5.88 Å². The summed E-state index contributed by atoms with van der Waals surface area (Å²) in [7, 11) is 5.29. The monoisotopic (exact) mass is 448 g/mol. The number of carbonyl (C=O) groups excluding carboxylic acids is 1. The van der Waals surface area contributed by atoms with E-state index in [-0.39, 0.29) is 17.4 Å². The molecule has 0 aliphatic carbocycles. The van der Waals surface area contributed by atoms with Crippen LogP contribution in [0.5, 0.6) is 5.88 Å². The Labute approximate surface area is 191 Å². The number of benzene rings is 1. The third-order valence-corrected chi connectivity index (χ3v) is 6.19. The Balaban J connectivity index is 1.31. The second kappa shape index (κ2) is 7.43. The van der Waals surface area contributed by atoms with Crippen LogP contribution in [0.1, 0.15) is 37.0 Å². The molecule has 0 atom stereocenters. The molecule has 0 N–H and O–H groups in total. The molecule has 1 fully saturated rings. The summed E-state index contributed by atoms with van der Waals surface area (Å²) in [6.07, 6.45) is 0. The normalized spacial score (nSPS) is 14.7. The molecule has 0 spiro atoms. The highest BCUT2D eigenvalue weighted by Gasteiger charge is 2.34. The smallest absolute Gasteiger partial charge is 0.254 e. The van der Waals surface area contributed by atoms with Crippen LogP contribution >= 0.6 is 0 Å². The Morgan fingerprint density at radius 1 is 1.12 bits per heavy atom. The fourth-order valence-corrected chi connectivity index (χ4v) is 4.22.